The number of carbonyl (C=O) groups is 1. The van der Waals surface area contributed by atoms with E-state index in [0.29, 0.717) is 39.4 Å². The number of ether oxygens (including phenoxy) is 2. The van der Waals surface area contributed by atoms with Gasteiger partial charge >= 0.3 is 6.18 Å². The number of amides is 1. The van der Waals surface area contributed by atoms with Gasteiger partial charge in [0.05, 0.1) is 12.7 Å². The van der Waals surface area contributed by atoms with E-state index >= 15 is 0 Å². The van der Waals surface area contributed by atoms with Crippen molar-refractivity contribution in [3.63, 3.8) is 0 Å². The van der Waals surface area contributed by atoms with Crippen molar-refractivity contribution in [1.82, 2.24) is 20.2 Å². The van der Waals surface area contributed by atoms with Gasteiger partial charge in [-0.05, 0) is 31.7 Å². The van der Waals surface area contributed by atoms with Crippen LogP contribution in [0.4, 0.5) is 19.1 Å². The Kier molecular flexibility index (Phi) is 7.11. The number of piperazine rings is 1. The van der Waals surface area contributed by atoms with Gasteiger partial charge in [-0.25, -0.2) is 9.97 Å². The summed E-state index contributed by atoms with van der Waals surface area (Å²) in [6.07, 6.45) is 0.0190. The lowest BCUT2D eigenvalue weighted by atomic mass is 9.86. The number of alkyl halides is 3. The first-order valence-electron chi connectivity index (χ1n) is 11.5. The quantitative estimate of drug-likeness (QED) is 0.705. The van der Waals surface area contributed by atoms with Crippen LogP contribution in [0.3, 0.4) is 0 Å². The van der Waals surface area contributed by atoms with Crippen LogP contribution < -0.4 is 10.2 Å². The van der Waals surface area contributed by atoms with E-state index in [1.54, 1.807) is 12.0 Å². The smallest absolute Gasteiger partial charge is 0.379 e. The van der Waals surface area contributed by atoms with Crippen LogP contribution in [-0.4, -0.2) is 85.5 Å². The van der Waals surface area contributed by atoms with Crippen molar-refractivity contribution in [2.75, 3.05) is 51.4 Å². The fourth-order valence-electron chi connectivity index (χ4n) is 5.16. The van der Waals surface area contributed by atoms with Gasteiger partial charge in [-0.1, -0.05) is 6.92 Å². The Morgan fingerprint density at radius 2 is 2.03 bits per heavy atom. The molecule has 1 aromatic heterocycles. The van der Waals surface area contributed by atoms with Crippen LogP contribution in [0.2, 0.25) is 0 Å². The number of carbonyl (C=O) groups excluding carboxylic acids is 1. The van der Waals surface area contributed by atoms with Gasteiger partial charge < -0.3 is 24.6 Å². The van der Waals surface area contributed by atoms with E-state index < -0.39 is 17.3 Å². The zero-order chi connectivity index (χ0) is 23.6. The first kappa shape index (κ1) is 24.2. The minimum Gasteiger partial charge on any atom is -0.379 e. The van der Waals surface area contributed by atoms with Gasteiger partial charge in [0.15, 0.2) is 0 Å². The minimum atomic E-state index is -4.51. The summed E-state index contributed by atoms with van der Waals surface area (Å²) >= 11 is 0. The highest BCUT2D eigenvalue weighted by Crippen LogP contribution is 2.40. The van der Waals surface area contributed by atoms with Gasteiger partial charge in [-0.15, -0.1) is 0 Å². The van der Waals surface area contributed by atoms with E-state index in [1.165, 1.54) is 0 Å². The molecule has 0 radical (unpaired) electrons. The molecule has 1 aliphatic carbocycles. The average Bonchev–Trinajstić information content (AvgIpc) is 3.20. The van der Waals surface area contributed by atoms with E-state index in [2.05, 4.69) is 15.3 Å². The van der Waals surface area contributed by atoms with Crippen LogP contribution >= 0.6 is 0 Å². The van der Waals surface area contributed by atoms with Crippen molar-refractivity contribution < 1.29 is 27.4 Å². The molecule has 0 aromatic carbocycles. The first-order valence-corrected chi connectivity index (χ1v) is 11.5. The van der Waals surface area contributed by atoms with Gasteiger partial charge in [0.25, 0.3) is 0 Å². The molecule has 33 heavy (non-hydrogen) atoms. The number of hydrogen-bond acceptors (Lipinski definition) is 7. The molecule has 4 rings (SSSR count). The predicted molar refractivity (Wildman–Crippen MR) is 115 cm³/mol. The monoisotopic (exact) mass is 471 g/mol. The molecular formula is C22H32F3N5O3. The summed E-state index contributed by atoms with van der Waals surface area (Å²) in [5.74, 6) is 0.170. The second-order valence-electron chi connectivity index (χ2n) is 9.43. The molecule has 1 aromatic rings. The van der Waals surface area contributed by atoms with E-state index in [0.717, 1.165) is 37.9 Å². The maximum Gasteiger partial charge on any atom is 0.433 e. The standard InChI is InChI=1S/C22H32F3N5O3/c1-21(6-3-15(13-21)27-16-5-12-33-14-17(16)32-2)19(31)29-8-10-30(11-9-29)20-26-7-4-18(28-20)22(23,24)25/h4,7,15-17,27H,3,5-6,8-14H2,1-2H3/t15-,16+,17-,21+/m1/s1. The summed E-state index contributed by atoms with van der Waals surface area (Å²) < 4.78 is 49.9. The zero-order valence-corrected chi connectivity index (χ0v) is 19.1. The number of anilines is 1. The van der Waals surface area contributed by atoms with Crippen molar-refractivity contribution >= 4 is 11.9 Å². The average molecular weight is 472 g/mol. The van der Waals surface area contributed by atoms with Crippen molar-refractivity contribution in [2.24, 2.45) is 5.41 Å². The van der Waals surface area contributed by atoms with Gasteiger partial charge in [-0.3, -0.25) is 4.79 Å². The maximum absolute atomic E-state index is 13.4. The van der Waals surface area contributed by atoms with Crippen LogP contribution in [0.1, 0.15) is 38.3 Å². The highest BCUT2D eigenvalue weighted by Gasteiger charge is 2.45. The maximum atomic E-state index is 13.4. The number of aromatic nitrogens is 2. The molecule has 11 heteroatoms. The third-order valence-corrected chi connectivity index (χ3v) is 7.10. The topological polar surface area (TPSA) is 79.8 Å². The Labute approximate surface area is 191 Å². The zero-order valence-electron chi connectivity index (χ0n) is 19.1. The van der Waals surface area contributed by atoms with E-state index in [4.69, 9.17) is 9.47 Å². The van der Waals surface area contributed by atoms with Gasteiger partial charge in [-0.2, -0.15) is 13.2 Å². The molecule has 8 nitrogen and oxygen atoms in total. The fraction of sp³-hybridized carbons (Fsp3) is 0.773. The molecule has 1 N–H and O–H groups in total. The molecular weight excluding hydrogens is 439 g/mol. The molecule has 1 amide bonds. The van der Waals surface area contributed by atoms with Crippen LogP contribution in [0, 0.1) is 5.41 Å². The molecule has 3 aliphatic rings. The number of halogens is 3. The van der Waals surface area contributed by atoms with E-state index in [1.807, 2.05) is 11.8 Å². The van der Waals surface area contributed by atoms with E-state index in [-0.39, 0.29) is 30.0 Å². The molecule has 3 fully saturated rings. The Balaban J connectivity index is 1.31. The largest absolute Gasteiger partial charge is 0.433 e. The first-order chi connectivity index (χ1) is 15.7. The normalized spacial score (nSPS) is 31.1. The Morgan fingerprint density at radius 1 is 1.27 bits per heavy atom. The summed E-state index contributed by atoms with van der Waals surface area (Å²) in [4.78, 5) is 24.6. The molecule has 4 atom stereocenters. The number of rotatable bonds is 5. The van der Waals surface area contributed by atoms with Crippen molar-refractivity contribution in [1.29, 1.82) is 0 Å². The van der Waals surface area contributed by atoms with Crippen molar-refractivity contribution in [2.45, 2.75) is 57.0 Å². The van der Waals surface area contributed by atoms with Crippen LogP contribution in [-0.2, 0) is 20.4 Å². The molecule has 0 spiro atoms. The van der Waals surface area contributed by atoms with Crippen LogP contribution in [0.15, 0.2) is 12.3 Å². The molecule has 0 bridgehead atoms. The number of nitrogens with zero attached hydrogens (tertiary/aromatic N) is 4. The third kappa shape index (κ3) is 5.41. The second kappa shape index (κ2) is 9.71. The lowest BCUT2D eigenvalue weighted by molar-refractivity contribution is -0.141. The Bertz CT molecular complexity index is 834. The van der Waals surface area contributed by atoms with Crippen molar-refractivity contribution in [3.8, 4) is 0 Å². The summed E-state index contributed by atoms with van der Waals surface area (Å²) in [6, 6.07) is 1.34. The SMILES string of the molecule is CO[C@@H]1COCC[C@@H]1N[C@@H]1CC[C@](C)(C(=O)N2CCN(c3nccc(C(F)(F)F)n3)CC2)C1. The lowest BCUT2D eigenvalue weighted by Gasteiger charge is -2.39. The number of hydrogen-bond donors (Lipinski definition) is 1. The van der Waals surface area contributed by atoms with E-state index in [9.17, 15) is 18.0 Å². The van der Waals surface area contributed by atoms with Crippen LogP contribution in [0.5, 0.6) is 0 Å². The number of nitrogens with one attached hydrogen (secondary N) is 1. The van der Waals surface area contributed by atoms with Gasteiger partial charge in [0.1, 0.15) is 5.69 Å². The highest BCUT2D eigenvalue weighted by molar-refractivity contribution is 5.83. The summed E-state index contributed by atoms with van der Waals surface area (Å²) in [7, 11) is 1.69. The molecule has 3 heterocycles. The Morgan fingerprint density at radius 3 is 2.73 bits per heavy atom. The van der Waals surface area contributed by atoms with Crippen molar-refractivity contribution in [3.05, 3.63) is 18.0 Å². The second-order valence-corrected chi connectivity index (χ2v) is 9.43. The van der Waals surface area contributed by atoms with Gasteiger partial charge in [0.2, 0.25) is 11.9 Å². The van der Waals surface area contributed by atoms with Crippen LogP contribution in [0.25, 0.3) is 0 Å². The third-order valence-electron chi connectivity index (χ3n) is 7.10. The predicted octanol–water partition coefficient (Wildman–Crippen LogP) is 2.10. The fourth-order valence-corrected chi connectivity index (χ4v) is 5.16. The summed E-state index contributed by atoms with van der Waals surface area (Å²) in [5, 5.41) is 3.69. The Hall–Kier alpha value is -1.98. The summed E-state index contributed by atoms with van der Waals surface area (Å²) in [6.45, 7) is 5.01. The molecule has 2 saturated heterocycles. The number of methoxy groups -OCH3 is 1. The highest BCUT2D eigenvalue weighted by atomic mass is 19.4. The lowest BCUT2D eigenvalue weighted by Crippen LogP contribution is -2.53. The molecule has 184 valence electrons. The van der Waals surface area contributed by atoms with Gasteiger partial charge in [0, 0.05) is 63.6 Å². The molecule has 2 aliphatic heterocycles. The summed E-state index contributed by atoms with van der Waals surface area (Å²) in [5.41, 5.74) is -1.40. The molecule has 0 unspecified atom stereocenters. The molecule has 1 saturated carbocycles. The minimum absolute atomic E-state index is 0.0208.